The van der Waals surface area contributed by atoms with Crippen LogP contribution < -0.4 is 16.2 Å². The molecule has 0 amide bonds. The highest BCUT2D eigenvalue weighted by atomic mass is 79.9. The average molecular weight is 301 g/mol. The van der Waals surface area contributed by atoms with Crippen LogP contribution in [0.2, 0.25) is 0 Å². The third kappa shape index (κ3) is 3.54. The van der Waals surface area contributed by atoms with Crippen molar-refractivity contribution in [2.45, 2.75) is 25.3 Å². The van der Waals surface area contributed by atoms with Gasteiger partial charge in [0.05, 0.1) is 11.9 Å². The van der Waals surface area contributed by atoms with E-state index in [4.69, 9.17) is 0 Å². The Morgan fingerprint density at radius 1 is 1.53 bits per heavy atom. The van der Waals surface area contributed by atoms with E-state index in [1.54, 1.807) is 13.2 Å². The van der Waals surface area contributed by atoms with Crippen molar-refractivity contribution in [1.82, 2.24) is 15.1 Å². The smallest absolute Gasteiger partial charge is 0.282 e. The van der Waals surface area contributed by atoms with Gasteiger partial charge in [-0.3, -0.25) is 4.79 Å². The summed E-state index contributed by atoms with van der Waals surface area (Å²) in [6.45, 7) is 1.86. The highest BCUT2D eigenvalue weighted by Crippen LogP contribution is 2.18. The summed E-state index contributed by atoms with van der Waals surface area (Å²) in [7, 11) is 1.64. The summed E-state index contributed by atoms with van der Waals surface area (Å²) in [6, 6.07) is 0.757. The number of rotatable bonds is 6. The topological polar surface area (TPSA) is 59.0 Å². The Hall–Kier alpha value is -0.880. The Labute approximate surface area is 109 Å². The lowest BCUT2D eigenvalue weighted by Crippen LogP contribution is -2.23. The zero-order valence-corrected chi connectivity index (χ0v) is 11.5. The second-order valence-electron chi connectivity index (χ2n) is 4.31. The average Bonchev–Trinajstić information content (AvgIpc) is 3.12. The summed E-state index contributed by atoms with van der Waals surface area (Å²) >= 11 is 3.28. The molecular weight excluding hydrogens is 284 g/mol. The van der Waals surface area contributed by atoms with Crippen LogP contribution in [0, 0.1) is 0 Å². The number of aromatic nitrogens is 2. The van der Waals surface area contributed by atoms with Crippen molar-refractivity contribution < 1.29 is 0 Å². The fourth-order valence-corrected chi connectivity index (χ4v) is 2.04. The van der Waals surface area contributed by atoms with Gasteiger partial charge in [0.15, 0.2) is 0 Å². The van der Waals surface area contributed by atoms with Crippen molar-refractivity contribution in [3.63, 3.8) is 0 Å². The fourth-order valence-electron chi connectivity index (χ4n) is 1.54. The molecule has 1 aromatic rings. The molecule has 1 saturated carbocycles. The molecule has 2 N–H and O–H groups in total. The molecule has 0 bridgehead atoms. The first kappa shape index (κ1) is 12.6. The lowest BCUT2D eigenvalue weighted by atomic mass is 10.4. The summed E-state index contributed by atoms with van der Waals surface area (Å²) in [5.41, 5.74) is 0.644. The molecule has 5 nitrogen and oxygen atoms in total. The van der Waals surface area contributed by atoms with Crippen molar-refractivity contribution in [2.75, 3.05) is 18.4 Å². The van der Waals surface area contributed by atoms with E-state index in [0.717, 1.165) is 31.2 Å². The normalized spacial score (nSPS) is 14.9. The van der Waals surface area contributed by atoms with Gasteiger partial charge < -0.3 is 10.6 Å². The van der Waals surface area contributed by atoms with Crippen LogP contribution in [-0.2, 0) is 7.05 Å². The third-order valence-electron chi connectivity index (χ3n) is 2.76. The van der Waals surface area contributed by atoms with E-state index >= 15 is 0 Å². The van der Waals surface area contributed by atoms with Gasteiger partial charge in [0.1, 0.15) is 4.47 Å². The minimum absolute atomic E-state index is 0.119. The van der Waals surface area contributed by atoms with E-state index in [9.17, 15) is 4.79 Å². The molecular formula is C11H17BrN4O. The van der Waals surface area contributed by atoms with Gasteiger partial charge in [-0.2, -0.15) is 5.10 Å². The predicted octanol–water partition coefficient (Wildman–Crippen LogP) is 1.10. The second-order valence-corrected chi connectivity index (χ2v) is 5.10. The van der Waals surface area contributed by atoms with Crippen molar-refractivity contribution >= 4 is 21.6 Å². The Balaban J connectivity index is 1.77. The number of halogens is 1. The lowest BCUT2D eigenvalue weighted by Gasteiger charge is -2.08. The highest BCUT2D eigenvalue weighted by Gasteiger charge is 2.19. The van der Waals surface area contributed by atoms with E-state index in [0.29, 0.717) is 4.47 Å². The van der Waals surface area contributed by atoms with Gasteiger partial charge in [-0.25, -0.2) is 4.68 Å². The van der Waals surface area contributed by atoms with Gasteiger partial charge in [-0.05, 0) is 41.7 Å². The number of hydrogen-bond donors (Lipinski definition) is 2. The number of hydrogen-bond acceptors (Lipinski definition) is 4. The van der Waals surface area contributed by atoms with Crippen molar-refractivity contribution in [3.05, 3.63) is 21.0 Å². The van der Waals surface area contributed by atoms with Crippen LogP contribution in [0.15, 0.2) is 15.5 Å². The fraction of sp³-hybridized carbons (Fsp3) is 0.636. The SMILES string of the molecule is Cn1ncc(NCCCNC2CC2)c(Br)c1=O. The standard InChI is InChI=1S/C11H17BrN4O/c1-16-11(17)10(12)9(7-15-16)14-6-2-5-13-8-3-4-8/h7-8,13-14H,2-6H2,1H3. The molecule has 0 atom stereocenters. The number of aryl methyl sites for hydroxylation is 1. The molecule has 2 rings (SSSR count). The van der Waals surface area contributed by atoms with Crippen LogP contribution in [0.5, 0.6) is 0 Å². The first-order valence-electron chi connectivity index (χ1n) is 5.87. The van der Waals surface area contributed by atoms with Gasteiger partial charge in [0.25, 0.3) is 5.56 Å². The molecule has 0 aliphatic heterocycles. The summed E-state index contributed by atoms with van der Waals surface area (Å²) in [4.78, 5) is 11.6. The Bertz CT molecular complexity index is 442. The summed E-state index contributed by atoms with van der Waals surface area (Å²) in [6.07, 6.45) is 5.34. The van der Waals surface area contributed by atoms with Crippen molar-refractivity contribution in [3.8, 4) is 0 Å². The van der Waals surface area contributed by atoms with Crippen LogP contribution in [0.1, 0.15) is 19.3 Å². The quantitative estimate of drug-likeness (QED) is 0.773. The molecule has 0 spiro atoms. The second kappa shape index (κ2) is 5.64. The van der Waals surface area contributed by atoms with E-state index in [-0.39, 0.29) is 5.56 Å². The van der Waals surface area contributed by atoms with Crippen LogP contribution >= 0.6 is 15.9 Å². The van der Waals surface area contributed by atoms with E-state index in [2.05, 4.69) is 31.7 Å². The summed E-state index contributed by atoms with van der Waals surface area (Å²) in [5.74, 6) is 0. The molecule has 0 unspecified atom stereocenters. The van der Waals surface area contributed by atoms with E-state index in [1.165, 1.54) is 17.5 Å². The van der Waals surface area contributed by atoms with Crippen LogP contribution in [0.25, 0.3) is 0 Å². The minimum Gasteiger partial charge on any atom is -0.383 e. The molecule has 1 aliphatic carbocycles. The van der Waals surface area contributed by atoms with Crippen molar-refractivity contribution in [2.24, 2.45) is 7.05 Å². The van der Waals surface area contributed by atoms with Crippen LogP contribution in [-0.4, -0.2) is 28.9 Å². The molecule has 0 radical (unpaired) electrons. The number of anilines is 1. The maximum atomic E-state index is 11.6. The van der Waals surface area contributed by atoms with Crippen LogP contribution in [0.4, 0.5) is 5.69 Å². The summed E-state index contributed by atoms with van der Waals surface area (Å²) in [5, 5.41) is 10.6. The molecule has 17 heavy (non-hydrogen) atoms. The monoisotopic (exact) mass is 300 g/mol. The maximum absolute atomic E-state index is 11.6. The first-order chi connectivity index (χ1) is 8.18. The molecule has 1 heterocycles. The molecule has 1 fully saturated rings. The molecule has 0 saturated heterocycles. The maximum Gasteiger partial charge on any atom is 0.282 e. The van der Waals surface area contributed by atoms with Gasteiger partial charge in [-0.1, -0.05) is 0 Å². The van der Waals surface area contributed by atoms with Gasteiger partial charge in [-0.15, -0.1) is 0 Å². The Morgan fingerprint density at radius 3 is 3.00 bits per heavy atom. The summed E-state index contributed by atoms with van der Waals surface area (Å²) < 4.78 is 1.86. The minimum atomic E-state index is -0.119. The molecule has 1 aliphatic rings. The van der Waals surface area contributed by atoms with Gasteiger partial charge in [0, 0.05) is 19.6 Å². The van der Waals surface area contributed by atoms with Crippen LogP contribution in [0.3, 0.4) is 0 Å². The number of nitrogens with one attached hydrogen (secondary N) is 2. The molecule has 94 valence electrons. The zero-order chi connectivity index (χ0) is 12.3. The third-order valence-corrected chi connectivity index (χ3v) is 3.52. The molecule has 6 heteroatoms. The Kier molecular flexibility index (Phi) is 4.17. The van der Waals surface area contributed by atoms with Gasteiger partial charge >= 0.3 is 0 Å². The van der Waals surface area contributed by atoms with E-state index < -0.39 is 0 Å². The highest BCUT2D eigenvalue weighted by molar-refractivity contribution is 9.10. The zero-order valence-electron chi connectivity index (χ0n) is 9.87. The molecule has 0 aromatic carbocycles. The molecule has 1 aromatic heterocycles. The largest absolute Gasteiger partial charge is 0.383 e. The van der Waals surface area contributed by atoms with E-state index in [1.807, 2.05) is 0 Å². The predicted molar refractivity (Wildman–Crippen MR) is 71.3 cm³/mol. The van der Waals surface area contributed by atoms with Gasteiger partial charge in [0.2, 0.25) is 0 Å². The van der Waals surface area contributed by atoms with Crippen molar-refractivity contribution in [1.29, 1.82) is 0 Å². The Morgan fingerprint density at radius 2 is 2.29 bits per heavy atom. The number of nitrogens with zero attached hydrogens (tertiary/aromatic N) is 2. The first-order valence-corrected chi connectivity index (χ1v) is 6.67. The lowest BCUT2D eigenvalue weighted by molar-refractivity contribution is 0.657.